The van der Waals surface area contributed by atoms with Crippen molar-refractivity contribution in [2.75, 3.05) is 6.54 Å². The first-order chi connectivity index (χ1) is 9.24. The first kappa shape index (κ1) is 12.4. The van der Waals surface area contributed by atoms with E-state index in [1.165, 1.54) is 25.7 Å². The molecule has 0 saturated heterocycles. The average molecular weight is 257 g/mol. The molecule has 0 unspecified atom stereocenters. The zero-order chi connectivity index (χ0) is 13.2. The Balaban J connectivity index is 1.72. The van der Waals surface area contributed by atoms with E-state index in [2.05, 4.69) is 5.32 Å². The largest absolute Gasteiger partial charge is 0.453 e. The van der Waals surface area contributed by atoms with Crippen LogP contribution in [0.15, 0.2) is 28.7 Å². The number of carbonyl (C=O) groups is 1. The molecule has 1 saturated carbocycles. The lowest BCUT2D eigenvalue weighted by Crippen LogP contribution is -2.31. The van der Waals surface area contributed by atoms with Gasteiger partial charge in [0.05, 0.1) is 6.54 Å². The Morgan fingerprint density at radius 2 is 2.16 bits per heavy atom. The number of hydrogen-bond donors (Lipinski definition) is 1. The van der Waals surface area contributed by atoms with E-state index in [9.17, 15) is 4.79 Å². The van der Waals surface area contributed by atoms with Gasteiger partial charge in [0.15, 0.2) is 5.76 Å². The highest BCUT2D eigenvalue weighted by Crippen LogP contribution is 2.23. The average Bonchev–Trinajstić information content (AvgIpc) is 3.05. The molecule has 1 fully saturated rings. The molecule has 3 rings (SSSR count). The fraction of sp³-hybridized carbons (Fsp3) is 0.438. The number of rotatable bonds is 4. The van der Waals surface area contributed by atoms with E-state index in [1.807, 2.05) is 31.2 Å². The van der Waals surface area contributed by atoms with Crippen molar-refractivity contribution in [3.63, 3.8) is 0 Å². The predicted molar refractivity (Wildman–Crippen MR) is 75.5 cm³/mol. The molecule has 1 aliphatic rings. The third-order valence-electron chi connectivity index (χ3n) is 3.92. The van der Waals surface area contributed by atoms with Crippen molar-refractivity contribution in [2.24, 2.45) is 0 Å². The normalized spacial score (nSPS) is 16.3. The molecule has 0 spiro atoms. The summed E-state index contributed by atoms with van der Waals surface area (Å²) in [5.41, 5.74) is 1.90. The van der Waals surface area contributed by atoms with Crippen LogP contribution in [0.5, 0.6) is 0 Å². The third-order valence-corrected chi connectivity index (χ3v) is 3.92. The number of benzene rings is 1. The number of furan rings is 1. The van der Waals surface area contributed by atoms with Gasteiger partial charge in [-0.3, -0.25) is 4.79 Å². The minimum absolute atomic E-state index is 0.0440. The molecular weight excluding hydrogens is 238 g/mol. The molecule has 19 heavy (non-hydrogen) atoms. The molecule has 1 heterocycles. The summed E-state index contributed by atoms with van der Waals surface area (Å²) in [6, 6.07) is 8.32. The molecule has 3 nitrogen and oxygen atoms in total. The lowest BCUT2D eigenvalue weighted by Gasteiger charge is -2.09. The maximum atomic E-state index is 12.1. The van der Waals surface area contributed by atoms with Crippen molar-refractivity contribution < 1.29 is 9.21 Å². The molecule has 1 aromatic heterocycles. The fourth-order valence-corrected chi connectivity index (χ4v) is 2.80. The van der Waals surface area contributed by atoms with Crippen LogP contribution in [0.2, 0.25) is 0 Å². The number of aryl methyl sites for hydroxylation is 1. The third kappa shape index (κ3) is 2.56. The Morgan fingerprint density at radius 3 is 2.89 bits per heavy atom. The Labute approximate surface area is 113 Å². The van der Waals surface area contributed by atoms with E-state index >= 15 is 0 Å². The smallest absolute Gasteiger partial charge is 0.211 e. The number of nitrogens with one attached hydrogen (secondary N) is 1. The second kappa shape index (κ2) is 5.17. The van der Waals surface area contributed by atoms with Gasteiger partial charge in [-0.1, -0.05) is 31.0 Å². The summed E-state index contributed by atoms with van der Waals surface area (Å²) < 4.78 is 5.69. The molecule has 0 amide bonds. The summed E-state index contributed by atoms with van der Waals surface area (Å²) in [4.78, 5) is 12.1. The van der Waals surface area contributed by atoms with Crippen LogP contribution >= 0.6 is 0 Å². The van der Waals surface area contributed by atoms with Gasteiger partial charge in [-0.15, -0.1) is 0 Å². The van der Waals surface area contributed by atoms with Gasteiger partial charge >= 0.3 is 0 Å². The zero-order valence-electron chi connectivity index (χ0n) is 11.2. The fourth-order valence-electron chi connectivity index (χ4n) is 2.80. The van der Waals surface area contributed by atoms with Gasteiger partial charge in [0, 0.05) is 11.4 Å². The minimum Gasteiger partial charge on any atom is -0.453 e. The molecule has 2 aromatic rings. The van der Waals surface area contributed by atoms with Gasteiger partial charge in [-0.2, -0.15) is 0 Å². The van der Waals surface area contributed by atoms with Crippen LogP contribution in [0.25, 0.3) is 11.0 Å². The van der Waals surface area contributed by atoms with Crippen LogP contribution < -0.4 is 5.32 Å². The molecule has 3 heteroatoms. The first-order valence-electron chi connectivity index (χ1n) is 7.00. The van der Waals surface area contributed by atoms with Gasteiger partial charge in [0.25, 0.3) is 0 Å². The van der Waals surface area contributed by atoms with Crippen LogP contribution in [0.1, 0.15) is 41.8 Å². The van der Waals surface area contributed by atoms with E-state index in [0.29, 0.717) is 18.3 Å². The van der Waals surface area contributed by atoms with Crippen molar-refractivity contribution in [1.82, 2.24) is 5.32 Å². The van der Waals surface area contributed by atoms with E-state index in [1.54, 1.807) is 0 Å². The Bertz CT molecular complexity index is 594. The second-order valence-corrected chi connectivity index (χ2v) is 5.39. The van der Waals surface area contributed by atoms with Gasteiger partial charge in [-0.25, -0.2) is 0 Å². The number of carbonyl (C=O) groups excluding carboxylic acids is 1. The second-order valence-electron chi connectivity index (χ2n) is 5.39. The Morgan fingerprint density at radius 1 is 1.37 bits per heavy atom. The van der Waals surface area contributed by atoms with Crippen molar-refractivity contribution in [3.05, 3.63) is 35.6 Å². The number of hydrogen-bond acceptors (Lipinski definition) is 3. The maximum absolute atomic E-state index is 12.1. The van der Waals surface area contributed by atoms with Crippen LogP contribution in [-0.4, -0.2) is 18.4 Å². The lowest BCUT2D eigenvalue weighted by molar-refractivity contribution is 0.0963. The molecular formula is C16H19NO2. The predicted octanol–water partition coefficient (Wildman–Crippen LogP) is 3.46. The van der Waals surface area contributed by atoms with Crippen LogP contribution in [0, 0.1) is 6.92 Å². The molecule has 1 N–H and O–H groups in total. The standard InChI is InChI=1S/C16H19NO2/c1-11-5-4-6-12-9-15(19-16(11)12)14(18)10-17-13-7-2-3-8-13/h4-6,9,13,17H,2-3,7-8,10H2,1H3. The van der Waals surface area contributed by atoms with Crippen molar-refractivity contribution in [3.8, 4) is 0 Å². The Kier molecular flexibility index (Phi) is 3.38. The highest BCUT2D eigenvalue weighted by atomic mass is 16.3. The SMILES string of the molecule is Cc1cccc2cc(C(=O)CNC3CCCC3)oc12. The molecule has 0 radical (unpaired) electrons. The van der Waals surface area contributed by atoms with Gasteiger partial charge < -0.3 is 9.73 Å². The Hall–Kier alpha value is -1.61. The monoisotopic (exact) mass is 257 g/mol. The summed E-state index contributed by atoms with van der Waals surface area (Å²) >= 11 is 0. The molecule has 1 aromatic carbocycles. The highest BCUT2D eigenvalue weighted by molar-refractivity contribution is 5.99. The summed E-state index contributed by atoms with van der Waals surface area (Å²) in [6.07, 6.45) is 4.92. The van der Waals surface area contributed by atoms with Crippen LogP contribution in [0.3, 0.4) is 0 Å². The van der Waals surface area contributed by atoms with Gasteiger partial charge in [0.2, 0.25) is 5.78 Å². The molecule has 100 valence electrons. The number of Topliss-reactive ketones (excluding diaryl/α,β-unsaturated/α-hetero) is 1. The quantitative estimate of drug-likeness (QED) is 0.853. The van der Waals surface area contributed by atoms with Crippen LogP contribution in [-0.2, 0) is 0 Å². The summed E-state index contributed by atoms with van der Waals surface area (Å²) in [5, 5.41) is 4.33. The van der Waals surface area contributed by atoms with Crippen LogP contribution in [0.4, 0.5) is 0 Å². The van der Waals surface area contributed by atoms with E-state index in [-0.39, 0.29) is 5.78 Å². The summed E-state index contributed by atoms with van der Waals surface area (Å²) in [7, 11) is 0. The molecule has 0 atom stereocenters. The van der Waals surface area contributed by atoms with Crippen molar-refractivity contribution in [2.45, 2.75) is 38.6 Å². The van der Waals surface area contributed by atoms with E-state index in [0.717, 1.165) is 16.5 Å². The molecule has 1 aliphatic carbocycles. The maximum Gasteiger partial charge on any atom is 0.211 e. The van der Waals surface area contributed by atoms with Crippen molar-refractivity contribution >= 4 is 16.8 Å². The van der Waals surface area contributed by atoms with Gasteiger partial charge in [0.1, 0.15) is 5.58 Å². The minimum atomic E-state index is 0.0440. The van der Waals surface area contributed by atoms with E-state index in [4.69, 9.17) is 4.42 Å². The van der Waals surface area contributed by atoms with E-state index < -0.39 is 0 Å². The van der Waals surface area contributed by atoms with Crippen molar-refractivity contribution in [1.29, 1.82) is 0 Å². The molecule has 0 bridgehead atoms. The molecule has 0 aliphatic heterocycles. The van der Waals surface area contributed by atoms with Gasteiger partial charge in [-0.05, 0) is 31.4 Å². The summed E-state index contributed by atoms with van der Waals surface area (Å²) in [6.45, 7) is 2.38. The topological polar surface area (TPSA) is 42.2 Å². The number of para-hydroxylation sites is 1. The highest BCUT2D eigenvalue weighted by Gasteiger charge is 2.18. The zero-order valence-corrected chi connectivity index (χ0v) is 11.2. The lowest BCUT2D eigenvalue weighted by atomic mass is 10.1. The summed E-state index contributed by atoms with van der Waals surface area (Å²) in [5.74, 6) is 0.511. The number of fused-ring (bicyclic) bond motifs is 1. The first-order valence-corrected chi connectivity index (χ1v) is 7.00. The number of ketones is 1.